The molecule has 3 saturated heterocycles. The molecule has 13 heteroatoms. The van der Waals surface area contributed by atoms with Gasteiger partial charge in [0, 0.05) is 38.3 Å². The van der Waals surface area contributed by atoms with Gasteiger partial charge < -0.3 is 30.1 Å². The van der Waals surface area contributed by atoms with E-state index in [1.165, 1.54) is 6.20 Å². The van der Waals surface area contributed by atoms with E-state index in [9.17, 15) is 18.3 Å². The summed E-state index contributed by atoms with van der Waals surface area (Å²) in [6.07, 6.45) is 3.69. The molecule has 3 aliphatic heterocycles. The molecule has 3 aliphatic rings. The Morgan fingerprint density at radius 1 is 1.21 bits per heavy atom. The average molecular weight is 607 g/mol. The van der Waals surface area contributed by atoms with Crippen molar-refractivity contribution >= 4 is 27.1 Å². The molecule has 5 rings (SSSR count). The number of anilines is 1. The fourth-order valence-corrected chi connectivity index (χ4v) is 7.59. The van der Waals surface area contributed by atoms with Crippen molar-refractivity contribution in [3.63, 3.8) is 0 Å². The second kappa shape index (κ2) is 12.0. The van der Waals surface area contributed by atoms with E-state index in [2.05, 4.69) is 23.5 Å². The van der Waals surface area contributed by atoms with Crippen molar-refractivity contribution in [2.24, 2.45) is 5.73 Å². The first-order valence-electron chi connectivity index (χ1n) is 15.2. The number of carbonyl (C=O) groups is 1. The maximum Gasteiger partial charge on any atom is 0.290 e. The van der Waals surface area contributed by atoms with Gasteiger partial charge in [-0.15, -0.1) is 0 Å². The number of pyridine rings is 1. The van der Waals surface area contributed by atoms with Gasteiger partial charge in [0.05, 0.1) is 40.8 Å². The van der Waals surface area contributed by atoms with Gasteiger partial charge in [0.25, 0.3) is 5.91 Å². The van der Waals surface area contributed by atoms with Crippen molar-refractivity contribution in [1.82, 2.24) is 19.0 Å². The maximum absolute atomic E-state index is 14.0. The molecule has 0 bridgehead atoms. The predicted octanol–water partition coefficient (Wildman–Crippen LogP) is 2.19. The van der Waals surface area contributed by atoms with E-state index in [4.69, 9.17) is 20.2 Å². The molecule has 0 saturated carbocycles. The lowest BCUT2D eigenvalue weighted by atomic mass is 9.99. The van der Waals surface area contributed by atoms with E-state index in [0.29, 0.717) is 51.1 Å². The number of aliphatic hydroxyl groups is 1. The summed E-state index contributed by atoms with van der Waals surface area (Å²) in [6, 6.07) is 1.69. The van der Waals surface area contributed by atoms with Gasteiger partial charge in [0.1, 0.15) is 11.1 Å². The Kier molecular flexibility index (Phi) is 8.90. The fraction of sp³-hybridized carbons (Fsp3) is 0.724. The van der Waals surface area contributed by atoms with Gasteiger partial charge >= 0.3 is 0 Å². The third-order valence-electron chi connectivity index (χ3n) is 8.80. The van der Waals surface area contributed by atoms with Crippen LogP contribution in [0.2, 0.25) is 0 Å². The van der Waals surface area contributed by atoms with Crippen LogP contribution in [0.1, 0.15) is 89.0 Å². The lowest BCUT2D eigenvalue weighted by Crippen LogP contribution is -2.45. The number of β-amino-alcohol motifs (C(OH)–C–C–N with tert-alkyl or cyclic N) is 1. The van der Waals surface area contributed by atoms with E-state index in [-0.39, 0.29) is 47.4 Å². The average Bonchev–Trinajstić information content (AvgIpc) is 3.63. The van der Waals surface area contributed by atoms with Gasteiger partial charge in [-0.2, -0.15) is 4.72 Å². The Balaban J connectivity index is 1.66. The lowest BCUT2D eigenvalue weighted by molar-refractivity contribution is -0.00516. The van der Waals surface area contributed by atoms with Crippen LogP contribution in [-0.2, 0) is 19.5 Å². The van der Waals surface area contributed by atoms with E-state index in [0.717, 1.165) is 24.1 Å². The first-order valence-corrected chi connectivity index (χ1v) is 16.7. The first kappa shape index (κ1) is 31.1. The highest BCUT2D eigenvalue weighted by atomic mass is 32.2. The molecule has 234 valence electrons. The Hall–Kier alpha value is -2.29. The quantitative estimate of drug-likeness (QED) is 0.390. The van der Waals surface area contributed by atoms with Gasteiger partial charge in [0.2, 0.25) is 15.8 Å². The van der Waals surface area contributed by atoms with Crippen LogP contribution in [0.3, 0.4) is 0 Å². The highest BCUT2D eigenvalue weighted by molar-refractivity contribution is 7.89. The third kappa shape index (κ3) is 6.18. The number of amides is 1. The van der Waals surface area contributed by atoms with Crippen LogP contribution in [0.5, 0.6) is 0 Å². The Labute approximate surface area is 248 Å². The highest BCUT2D eigenvalue weighted by Gasteiger charge is 2.40. The molecule has 6 atom stereocenters. The topological polar surface area (TPSA) is 152 Å². The number of nitrogens with two attached hydrogens (primary N) is 1. The minimum atomic E-state index is -4.01. The summed E-state index contributed by atoms with van der Waals surface area (Å²) in [6.45, 7) is 12.0. The molecule has 42 heavy (non-hydrogen) atoms. The normalized spacial score (nSPS) is 29.5. The number of morpholine rings is 1. The van der Waals surface area contributed by atoms with Gasteiger partial charge in [-0.3, -0.25) is 9.20 Å². The summed E-state index contributed by atoms with van der Waals surface area (Å²) in [5.74, 6) is -0.203. The highest BCUT2D eigenvalue weighted by Crippen LogP contribution is 2.36. The molecular weight excluding hydrogens is 560 g/mol. The van der Waals surface area contributed by atoms with Gasteiger partial charge in [-0.05, 0) is 65.5 Å². The zero-order valence-electron chi connectivity index (χ0n) is 25.4. The van der Waals surface area contributed by atoms with Crippen molar-refractivity contribution in [3.8, 4) is 0 Å². The SMILES string of the molecule is CCC(C)c1nc(C(=O)N2CCC(O)(CCN)C2)n2cc(S(=O)(=O)NC3CCC(C)O3)cc(N3C[C@H](C)O[C@@H](C)C3)c12. The number of rotatable bonds is 9. The number of nitrogens with one attached hydrogen (secondary N) is 1. The monoisotopic (exact) mass is 606 g/mol. The summed E-state index contributed by atoms with van der Waals surface area (Å²) in [7, 11) is -4.01. The van der Waals surface area contributed by atoms with Crippen LogP contribution < -0.4 is 15.4 Å². The second-order valence-electron chi connectivity index (χ2n) is 12.4. The van der Waals surface area contributed by atoms with Crippen molar-refractivity contribution in [2.45, 2.75) is 108 Å². The van der Waals surface area contributed by atoms with Gasteiger partial charge in [0.15, 0.2) is 0 Å². The van der Waals surface area contributed by atoms with Gasteiger partial charge in [-0.1, -0.05) is 13.8 Å². The summed E-state index contributed by atoms with van der Waals surface area (Å²) in [5.41, 5.74) is 6.83. The third-order valence-corrected chi connectivity index (χ3v) is 10.2. The van der Waals surface area contributed by atoms with E-state index in [1.54, 1.807) is 15.4 Å². The number of nitrogens with zero attached hydrogens (tertiary/aromatic N) is 4. The number of sulfonamides is 1. The van der Waals surface area contributed by atoms with E-state index in [1.807, 2.05) is 20.8 Å². The zero-order valence-corrected chi connectivity index (χ0v) is 26.2. The molecule has 0 spiro atoms. The van der Waals surface area contributed by atoms with Crippen molar-refractivity contribution in [1.29, 1.82) is 0 Å². The number of imidazole rings is 1. The molecule has 3 fully saturated rings. The van der Waals surface area contributed by atoms with Crippen LogP contribution in [0.4, 0.5) is 5.69 Å². The van der Waals surface area contributed by atoms with Gasteiger partial charge in [-0.25, -0.2) is 13.4 Å². The molecule has 2 aromatic rings. The molecule has 2 aromatic heterocycles. The molecule has 5 heterocycles. The number of hydrogen-bond acceptors (Lipinski definition) is 9. The first-order chi connectivity index (χ1) is 19.8. The maximum atomic E-state index is 14.0. The smallest absolute Gasteiger partial charge is 0.290 e. The summed E-state index contributed by atoms with van der Waals surface area (Å²) in [5, 5.41) is 11.0. The molecule has 12 nitrogen and oxygen atoms in total. The number of ether oxygens (including phenoxy) is 2. The van der Waals surface area contributed by atoms with E-state index < -0.39 is 21.9 Å². The largest absolute Gasteiger partial charge is 0.388 e. The van der Waals surface area contributed by atoms with Crippen molar-refractivity contribution in [2.75, 3.05) is 37.6 Å². The number of hydrogen-bond donors (Lipinski definition) is 3. The molecule has 4 unspecified atom stereocenters. The molecule has 0 aliphatic carbocycles. The minimum absolute atomic E-state index is 0.0119. The van der Waals surface area contributed by atoms with Crippen LogP contribution in [-0.4, -0.2) is 96.6 Å². The minimum Gasteiger partial charge on any atom is -0.388 e. The fourth-order valence-electron chi connectivity index (χ4n) is 6.42. The second-order valence-corrected chi connectivity index (χ2v) is 14.2. The van der Waals surface area contributed by atoms with E-state index >= 15 is 0 Å². The Morgan fingerprint density at radius 2 is 1.93 bits per heavy atom. The number of likely N-dealkylation sites (tertiary alicyclic amines) is 1. The molecule has 0 aromatic carbocycles. The van der Waals surface area contributed by atoms with Crippen molar-refractivity contribution < 1.29 is 27.8 Å². The van der Waals surface area contributed by atoms with Crippen LogP contribution in [0.15, 0.2) is 17.2 Å². The number of aromatic nitrogens is 2. The molecule has 1 amide bonds. The predicted molar refractivity (Wildman–Crippen MR) is 159 cm³/mol. The zero-order chi connectivity index (χ0) is 30.4. The van der Waals surface area contributed by atoms with Crippen molar-refractivity contribution in [3.05, 3.63) is 23.8 Å². The molecule has 0 radical (unpaired) electrons. The molecule has 4 N–H and O–H groups in total. The van der Waals surface area contributed by atoms with Crippen LogP contribution in [0, 0.1) is 0 Å². The Morgan fingerprint density at radius 3 is 2.55 bits per heavy atom. The standard InChI is InChI=1S/C29H46N6O6S/c1-6-18(2)25-26-23(34-14-20(4)40-21(5)15-34)13-22(42(38,39)32-24-8-7-19(3)41-24)16-35(26)27(31-25)28(36)33-12-10-29(37,17-33)9-11-30/h13,16,18-21,24,32,37H,6-12,14-15,17,30H2,1-5H3/t18?,19?,20-,21-,24?,29?/m0/s1. The lowest BCUT2D eigenvalue weighted by Gasteiger charge is -2.37. The number of carbonyl (C=O) groups excluding carboxylic acids is 1. The molecular formula is C29H46N6O6S. The summed E-state index contributed by atoms with van der Waals surface area (Å²) in [4.78, 5) is 22.7. The van der Waals surface area contributed by atoms with Crippen LogP contribution in [0.25, 0.3) is 5.52 Å². The van der Waals surface area contributed by atoms with Crippen LogP contribution >= 0.6 is 0 Å². The summed E-state index contributed by atoms with van der Waals surface area (Å²) < 4.78 is 43.7. The summed E-state index contributed by atoms with van der Waals surface area (Å²) >= 11 is 0. The number of fused-ring (bicyclic) bond motifs is 1. The Bertz CT molecular complexity index is 1400.